The lowest BCUT2D eigenvalue weighted by Gasteiger charge is -1.93. The standard InChI is InChI=1S/C4H8O2.C4H10O.C3H7NO.H2O/c1-2-3-4(5)6;1-3-5-4-2;1-4(2)3-5;/h2-3H2,1H3,(H,5,6);3-4H2,1-2H3;3H,1-2H3;1H2. The van der Waals surface area contributed by atoms with E-state index >= 15 is 0 Å². The highest BCUT2D eigenvalue weighted by Gasteiger charge is 1.87. The van der Waals surface area contributed by atoms with Gasteiger partial charge in [-0.1, -0.05) is 6.92 Å². The Balaban J connectivity index is -0.0000000729. The van der Waals surface area contributed by atoms with Gasteiger partial charge in [0.2, 0.25) is 6.41 Å². The van der Waals surface area contributed by atoms with Crippen LogP contribution in [0.4, 0.5) is 0 Å². The molecular weight excluding hydrogens is 226 g/mol. The monoisotopic (exact) mass is 253 g/mol. The van der Waals surface area contributed by atoms with E-state index < -0.39 is 5.97 Å². The van der Waals surface area contributed by atoms with Gasteiger partial charge in [-0.25, -0.2) is 0 Å². The Labute approximate surface area is 104 Å². The first-order chi connectivity index (χ1) is 7.45. The summed E-state index contributed by atoms with van der Waals surface area (Å²) in [7, 11) is 3.38. The highest BCUT2D eigenvalue weighted by Crippen LogP contribution is 1.82. The first-order valence-electron chi connectivity index (χ1n) is 5.37. The summed E-state index contributed by atoms with van der Waals surface area (Å²) in [6, 6.07) is 0. The average molecular weight is 253 g/mol. The van der Waals surface area contributed by atoms with Crippen molar-refractivity contribution in [1.82, 2.24) is 4.90 Å². The van der Waals surface area contributed by atoms with E-state index in [2.05, 4.69) is 0 Å². The Kier molecular flexibility index (Phi) is 35.4. The zero-order valence-corrected chi connectivity index (χ0v) is 11.5. The smallest absolute Gasteiger partial charge is 0.303 e. The Morgan fingerprint density at radius 2 is 1.59 bits per heavy atom. The molecule has 0 spiro atoms. The molecule has 6 nitrogen and oxygen atoms in total. The van der Waals surface area contributed by atoms with Crippen LogP contribution < -0.4 is 0 Å². The minimum atomic E-state index is -0.711. The fourth-order valence-corrected chi connectivity index (χ4v) is 0.418. The van der Waals surface area contributed by atoms with Gasteiger partial charge < -0.3 is 20.2 Å². The van der Waals surface area contributed by atoms with Crippen LogP contribution in [0.25, 0.3) is 0 Å². The molecule has 0 heterocycles. The summed E-state index contributed by atoms with van der Waals surface area (Å²) < 4.78 is 4.83. The van der Waals surface area contributed by atoms with E-state index in [1.807, 2.05) is 20.8 Å². The Morgan fingerprint density at radius 1 is 1.24 bits per heavy atom. The zero-order valence-electron chi connectivity index (χ0n) is 11.5. The van der Waals surface area contributed by atoms with Gasteiger partial charge in [-0.3, -0.25) is 9.59 Å². The SMILES string of the molecule is CCCC(=O)O.CCOCC.CN(C)C=O.O. The number of carboxylic acids is 1. The minimum absolute atomic E-state index is 0. The molecule has 3 N–H and O–H groups in total. The molecule has 6 heteroatoms. The molecule has 0 unspecified atom stereocenters. The molecule has 0 atom stereocenters. The first-order valence-corrected chi connectivity index (χ1v) is 5.37. The van der Waals surface area contributed by atoms with Crippen molar-refractivity contribution in [2.75, 3.05) is 27.3 Å². The molecular formula is C11H27NO5. The van der Waals surface area contributed by atoms with Crippen molar-refractivity contribution in [3.05, 3.63) is 0 Å². The van der Waals surface area contributed by atoms with Crippen molar-refractivity contribution in [3.8, 4) is 0 Å². The van der Waals surface area contributed by atoms with E-state index in [1.165, 1.54) is 4.90 Å². The van der Waals surface area contributed by atoms with E-state index in [4.69, 9.17) is 9.84 Å². The first kappa shape index (κ1) is 24.9. The predicted molar refractivity (Wildman–Crippen MR) is 68.1 cm³/mol. The van der Waals surface area contributed by atoms with Crippen LogP contribution in [0, 0.1) is 0 Å². The number of aliphatic carboxylic acids is 1. The van der Waals surface area contributed by atoms with Gasteiger partial charge in [0.1, 0.15) is 0 Å². The molecule has 0 saturated heterocycles. The third-order valence-corrected chi connectivity index (χ3v) is 1.08. The van der Waals surface area contributed by atoms with Crippen LogP contribution in [0.5, 0.6) is 0 Å². The Morgan fingerprint density at radius 3 is 1.59 bits per heavy atom. The van der Waals surface area contributed by atoms with Gasteiger partial charge in [0.15, 0.2) is 0 Å². The summed E-state index contributed by atoms with van der Waals surface area (Å²) in [6.07, 6.45) is 1.77. The van der Waals surface area contributed by atoms with Crippen LogP contribution >= 0.6 is 0 Å². The number of nitrogens with zero attached hydrogens (tertiary/aromatic N) is 1. The molecule has 1 amide bonds. The molecule has 0 rings (SSSR count). The van der Waals surface area contributed by atoms with Crippen LogP contribution in [0.3, 0.4) is 0 Å². The quantitative estimate of drug-likeness (QED) is 0.732. The van der Waals surface area contributed by atoms with E-state index in [0.717, 1.165) is 26.0 Å². The third-order valence-electron chi connectivity index (χ3n) is 1.08. The second kappa shape index (κ2) is 24.2. The lowest BCUT2D eigenvalue weighted by molar-refractivity contribution is -0.137. The van der Waals surface area contributed by atoms with Gasteiger partial charge in [0.25, 0.3) is 0 Å². The molecule has 106 valence electrons. The number of carboxylic acid groups (broad SMARTS) is 1. The van der Waals surface area contributed by atoms with Crippen LogP contribution in [-0.4, -0.2) is 55.2 Å². The summed E-state index contributed by atoms with van der Waals surface area (Å²) in [5.74, 6) is -0.711. The number of ether oxygens (including phenoxy) is 1. The second-order valence-corrected chi connectivity index (χ2v) is 2.99. The van der Waals surface area contributed by atoms with Gasteiger partial charge in [0, 0.05) is 33.7 Å². The molecule has 17 heavy (non-hydrogen) atoms. The second-order valence-electron chi connectivity index (χ2n) is 2.99. The number of carbonyl (C=O) groups excluding carboxylic acids is 1. The largest absolute Gasteiger partial charge is 0.481 e. The molecule has 0 aliphatic heterocycles. The van der Waals surface area contributed by atoms with E-state index in [9.17, 15) is 9.59 Å². The summed E-state index contributed by atoms with van der Waals surface area (Å²) >= 11 is 0. The maximum absolute atomic E-state index is 9.60. The fraction of sp³-hybridized carbons (Fsp3) is 0.818. The van der Waals surface area contributed by atoms with Crippen molar-refractivity contribution >= 4 is 12.4 Å². The molecule has 0 saturated carbocycles. The van der Waals surface area contributed by atoms with Crippen LogP contribution in [-0.2, 0) is 14.3 Å². The van der Waals surface area contributed by atoms with Crippen LogP contribution in [0.1, 0.15) is 33.6 Å². The summed E-state index contributed by atoms with van der Waals surface area (Å²) in [5.41, 5.74) is 0. The van der Waals surface area contributed by atoms with Crippen LogP contribution in [0.2, 0.25) is 0 Å². The van der Waals surface area contributed by atoms with Crippen molar-refractivity contribution < 1.29 is 24.9 Å². The minimum Gasteiger partial charge on any atom is -0.481 e. The van der Waals surface area contributed by atoms with Crippen molar-refractivity contribution in [1.29, 1.82) is 0 Å². The van der Waals surface area contributed by atoms with Gasteiger partial charge in [0.05, 0.1) is 0 Å². The lowest BCUT2D eigenvalue weighted by atomic mass is 10.4. The molecule has 0 aliphatic rings. The Hall–Kier alpha value is -1.14. The number of carbonyl (C=O) groups is 2. The molecule has 0 aromatic carbocycles. The molecule has 0 fully saturated rings. The molecule has 0 bridgehead atoms. The predicted octanol–water partition coefficient (Wildman–Crippen LogP) is 0.794. The number of hydrogen-bond acceptors (Lipinski definition) is 3. The molecule has 0 aromatic heterocycles. The summed E-state index contributed by atoms with van der Waals surface area (Å²) in [4.78, 5) is 20.5. The highest BCUT2D eigenvalue weighted by atomic mass is 16.5. The summed E-state index contributed by atoms with van der Waals surface area (Å²) in [5, 5.41) is 7.91. The van der Waals surface area contributed by atoms with Crippen molar-refractivity contribution in [2.24, 2.45) is 0 Å². The lowest BCUT2D eigenvalue weighted by Crippen LogP contribution is -2.06. The molecule has 0 aromatic rings. The van der Waals surface area contributed by atoms with Gasteiger partial charge in [-0.15, -0.1) is 0 Å². The maximum atomic E-state index is 9.60. The number of hydrogen-bond donors (Lipinski definition) is 1. The van der Waals surface area contributed by atoms with Gasteiger partial charge in [-0.05, 0) is 20.3 Å². The Bertz CT molecular complexity index is 149. The molecule has 0 aliphatic carbocycles. The number of rotatable bonds is 5. The van der Waals surface area contributed by atoms with Crippen molar-refractivity contribution in [2.45, 2.75) is 33.6 Å². The van der Waals surface area contributed by atoms with E-state index in [1.54, 1.807) is 14.1 Å². The summed E-state index contributed by atoms with van der Waals surface area (Å²) in [6.45, 7) is 7.51. The normalized spacial score (nSPS) is 7.35. The van der Waals surface area contributed by atoms with E-state index in [-0.39, 0.29) is 5.48 Å². The fourth-order valence-electron chi connectivity index (χ4n) is 0.418. The number of amides is 1. The topological polar surface area (TPSA) is 98.3 Å². The average Bonchev–Trinajstić information content (AvgIpc) is 2.20. The van der Waals surface area contributed by atoms with E-state index in [0.29, 0.717) is 6.42 Å². The van der Waals surface area contributed by atoms with Gasteiger partial charge in [-0.2, -0.15) is 0 Å². The van der Waals surface area contributed by atoms with Crippen molar-refractivity contribution in [3.63, 3.8) is 0 Å². The third kappa shape index (κ3) is 71.6. The van der Waals surface area contributed by atoms with Crippen LogP contribution in [0.15, 0.2) is 0 Å². The molecule has 0 radical (unpaired) electrons. The zero-order chi connectivity index (χ0) is 13.4. The van der Waals surface area contributed by atoms with Gasteiger partial charge >= 0.3 is 5.97 Å². The maximum Gasteiger partial charge on any atom is 0.303 e. The highest BCUT2D eigenvalue weighted by molar-refractivity contribution is 5.66.